The molecule has 0 fully saturated rings. The van der Waals surface area contributed by atoms with E-state index >= 15 is 0 Å². The molecule has 1 N–H and O–H groups in total. The number of aromatic nitrogens is 3. The molecule has 0 saturated heterocycles. The zero-order valence-electron chi connectivity index (χ0n) is 16.3. The topological polar surface area (TPSA) is 94.1 Å². The zero-order valence-corrected chi connectivity index (χ0v) is 18.0. The molecule has 2 heterocycles. The fraction of sp³-hybridized carbons (Fsp3) is 0.190. The maximum Gasteiger partial charge on any atom is 0.350 e. The highest BCUT2D eigenvalue weighted by Gasteiger charge is 2.17. The molecular formula is C21H20N4O3S2. The number of esters is 1. The number of carbonyl (C=O) groups excluding carboxylic acids is 2. The number of carbonyl (C=O) groups is 2. The van der Waals surface area contributed by atoms with Crippen LogP contribution in [0.1, 0.15) is 21.8 Å². The maximum absolute atomic E-state index is 12.2. The molecule has 0 aliphatic heterocycles. The molecule has 30 heavy (non-hydrogen) atoms. The van der Waals surface area contributed by atoms with Crippen molar-refractivity contribution in [1.29, 1.82) is 0 Å². The Labute approximate surface area is 182 Å². The predicted molar refractivity (Wildman–Crippen MR) is 119 cm³/mol. The molecule has 0 radical (unpaired) electrons. The highest BCUT2D eigenvalue weighted by atomic mass is 32.2. The molecule has 3 aromatic rings. The minimum Gasteiger partial charge on any atom is -0.457 e. The largest absolute Gasteiger partial charge is 0.457 e. The van der Waals surface area contributed by atoms with E-state index in [1.807, 2.05) is 36.4 Å². The second-order valence-corrected chi connectivity index (χ2v) is 8.19. The van der Waals surface area contributed by atoms with Crippen LogP contribution in [0.2, 0.25) is 0 Å². The number of nitrogens with zero attached hydrogens (tertiary/aromatic N) is 3. The fourth-order valence-corrected chi connectivity index (χ4v) is 4.14. The smallest absolute Gasteiger partial charge is 0.350 e. The van der Waals surface area contributed by atoms with Crippen molar-refractivity contribution in [3.8, 4) is 11.3 Å². The minimum absolute atomic E-state index is 0.129. The lowest BCUT2D eigenvalue weighted by atomic mass is 10.1. The third kappa shape index (κ3) is 5.98. The Hall–Kier alpha value is -3.04. The van der Waals surface area contributed by atoms with Crippen LogP contribution in [0.25, 0.3) is 11.3 Å². The Bertz CT molecular complexity index is 1040. The summed E-state index contributed by atoms with van der Waals surface area (Å²) in [5.41, 5.74) is 2.38. The van der Waals surface area contributed by atoms with Crippen molar-refractivity contribution in [2.75, 3.05) is 17.7 Å². The first-order valence-corrected chi connectivity index (χ1v) is 10.9. The molecule has 7 nitrogen and oxygen atoms in total. The van der Waals surface area contributed by atoms with Crippen LogP contribution >= 0.6 is 23.1 Å². The Morgan fingerprint density at radius 1 is 1.27 bits per heavy atom. The van der Waals surface area contributed by atoms with E-state index in [1.54, 1.807) is 6.92 Å². The molecule has 0 aliphatic carbocycles. The van der Waals surface area contributed by atoms with E-state index in [0.717, 1.165) is 27.6 Å². The molecule has 0 aliphatic rings. The quantitative estimate of drug-likeness (QED) is 0.228. The lowest BCUT2D eigenvalue weighted by Gasteiger charge is -2.04. The van der Waals surface area contributed by atoms with Crippen LogP contribution in [0.5, 0.6) is 0 Å². The van der Waals surface area contributed by atoms with E-state index < -0.39 is 5.97 Å². The first kappa shape index (κ1) is 21.7. The van der Waals surface area contributed by atoms with E-state index in [9.17, 15) is 9.59 Å². The summed E-state index contributed by atoms with van der Waals surface area (Å²) in [5, 5.41) is 3.91. The highest BCUT2D eigenvalue weighted by Crippen LogP contribution is 2.25. The summed E-state index contributed by atoms with van der Waals surface area (Å²) < 4.78 is 5.02. The summed E-state index contributed by atoms with van der Waals surface area (Å²) in [6.45, 7) is 5.34. The van der Waals surface area contributed by atoms with Crippen molar-refractivity contribution >= 4 is 40.1 Å². The normalized spacial score (nSPS) is 10.4. The average Bonchev–Trinajstić information content (AvgIpc) is 3.12. The lowest BCUT2D eigenvalue weighted by molar-refractivity contribution is -0.115. The van der Waals surface area contributed by atoms with Gasteiger partial charge in [-0.05, 0) is 13.0 Å². The van der Waals surface area contributed by atoms with Gasteiger partial charge in [-0.25, -0.2) is 19.7 Å². The number of hydrogen-bond acceptors (Lipinski definition) is 8. The van der Waals surface area contributed by atoms with Crippen LogP contribution < -0.4 is 5.32 Å². The molecule has 0 bridgehead atoms. The minimum atomic E-state index is -0.473. The van der Waals surface area contributed by atoms with Crippen molar-refractivity contribution in [3.63, 3.8) is 0 Å². The SMILES string of the molecule is C=CCOC(=O)c1sc(NC(=O)CCSc2cc(-c3ccccc3)ncn2)nc1C. The summed E-state index contributed by atoms with van der Waals surface area (Å²) in [7, 11) is 0. The molecular weight excluding hydrogens is 420 g/mol. The fourth-order valence-electron chi connectivity index (χ4n) is 2.45. The van der Waals surface area contributed by atoms with Gasteiger partial charge >= 0.3 is 5.97 Å². The van der Waals surface area contributed by atoms with Crippen molar-refractivity contribution in [1.82, 2.24) is 15.0 Å². The predicted octanol–water partition coefficient (Wildman–Crippen LogP) is 4.37. The average molecular weight is 441 g/mol. The molecule has 0 unspecified atom stereocenters. The van der Waals surface area contributed by atoms with Crippen LogP contribution in [0.3, 0.4) is 0 Å². The van der Waals surface area contributed by atoms with Gasteiger partial charge in [0.05, 0.1) is 16.4 Å². The zero-order chi connectivity index (χ0) is 21.3. The standard InChI is InChI=1S/C21H20N4O3S2/c1-3-10-28-20(27)19-14(2)24-21(30-19)25-17(26)9-11-29-18-12-16(22-13-23-18)15-7-5-4-6-8-15/h3-8,12-13H,1,9-11H2,2H3,(H,24,25,26). The Balaban J connectivity index is 1.51. The summed E-state index contributed by atoms with van der Waals surface area (Å²) in [6.07, 6.45) is 3.30. The molecule has 9 heteroatoms. The number of benzene rings is 1. The summed E-state index contributed by atoms with van der Waals surface area (Å²) >= 11 is 2.57. The van der Waals surface area contributed by atoms with Crippen molar-refractivity contribution in [3.05, 3.63) is 66.0 Å². The molecule has 0 atom stereocenters. The van der Waals surface area contributed by atoms with Gasteiger partial charge in [-0.1, -0.05) is 54.3 Å². The first-order chi connectivity index (χ1) is 14.6. The van der Waals surface area contributed by atoms with Gasteiger partial charge in [-0.3, -0.25) is 4.79 Å². The Kier molecular flexibility index (Phi) is 7.69. The summed E-state index contributed by atoms with van der Waals surface area (Å²) in [5.74, 6) is -0.103. The van der Waals surface area contributed by atoms with E-state index in [-0.39, 0.29) is 18.9 Å². The third-order valence-electron chi connectivity index (χ3n) is 3.85. The van der Waals surface area contributed by atoms with Crippen LogP contribution in [0, 0.1) is 6.92 Å². The molecule has 3 rings (SSSR count). The molecule has 1 aromatic carbocycles. The van der Waals surface area contributed by atoms with Gasteiger partial charge in [0.25, 0.3) is 0 Å². The van der Waals surface area contributed by atoms with Crippen LogP contribution in [0.4, 0.5) is 5.13 Å². The summed E-state index contributed by atoms with van der Waals surface area (Å²) in [6, 6.07) is 11.8. The number of thiazole rings is 1. The van der Waals surface area contributed by atoms with Gasteiger partial charge in [0, 0.05) is 17.7 Å². The van der Waals surface area contributed by atoms with E-state index in [4.69, 9.17) is 4.74 Å². The van der Waals surface area contributed by atoms with Gasteiger partial charge in [0.2, 0.25) is 5.91 Å². The van der Waals surface area contributed by atoms with Crippen molar-refractivity contribution in [2.24, 2.45) is 0 Å². The van der Waals surface area contributed by atoms with Gasteiger partial charge in [0.15, 0.2) is 5.13 Å². The molecule has 154 valence electrons. The number of ether oxygens (including phenoxy) is 1. The molecule has 0 saturated carbocycles. The lowest BCUT2D eigenvalue weighted by Crippen LogP contribution is -2.12. The number of thioether (sulfide) groups is 1. The number of nitrogens with one attached hydrogen (secondary N) is 1. The number of rotatable bonds is 9. The number of hydrogen-bond donors (Lipinski definition) is 1. The first-order valence-electron chi connectivity index (χ1n) is 9.12. The maximum atomic E-state index is 12.2. The second-order valence-electron chi connectivity index (χ2n) is 6.07. The van der Waals surface area contributed by atoms with Crippen LogP contribution in [0.15, 0.2) is 60.4 Å². The van der Waals surface area contributed by atoms with Gasteiger partial charge in [0.1, 0.15) is 17.8 Å². The van der Waals surface area contributed by atoms with Gasteiger partial charge in [-0.15, -0.1) is 11.8 Å². The Morgan fingerprint density at radius 2 is 2.07 bits per heavy atom. The number of amides is 1. The van der Waals surface area contributed by atoms with Crippen LogP contribution in [-0.4, -0.2) is 39.2 Å². The number of anilines is 1. The van der Waals surface area contributed by atoms with Crippen molar-refractivity contribution < 1.29 is 14.3 Å². The van der Waals surface area contributed by atoms with Crippen LogP contribution in [-0.2, 0) is 9.53 Å². The van der Waals surface area contributed by atoms with E-state index in [1.165, 1.54) is 24.2 Å². The molecule has 2 aromatic heterocycles. The molecule has 0 spiro atoms. The second kappa shape index (κ2) is 10.7. The van der Waals surface area contributed by atoms with Gasteiger partial charge in [-0.2, -0.15) is 0 Å². The highest BCUT2D eigenvalue weighted by molar-refractivity contribution is 7.99. The molecule has 1 amide bonds. The number of aryl methyl sites for hydroxylation is 1. The Morgan fingerprint density at radius 3 is 2.83 bits per heavy atom. The van der Waals surface area contributed by atoms with E-state index in [2.05, 4.69) is 26.8 Å². The monoisotopic (exact) mass is 440 g/mol. The van der Waals surface area contributed by atoms with E-state index in [0.29, 0.717) is 21.5 Å². The van der Waals surface area contributed by atoms with Gasteiger partial charge < -0.3 is 10.1 Å². The summed E-state index contributed by atoms with van der Waals surface area (Å²) in [4.78, 5) is 37.3. The third-order valence-corrected chi connectivity index (χ3v) is 5.83. The van der Waals surface area contributed by atoms with Crippen molar-refractivity contribution in [2.45, 2.75) is 18.4 Å².